The minimum absolute atomic E-state index is 0.146. The Bertz CT molecular complexity index is 820. The smallest absolute Gasteiger partial charge is 0.336 e. The molecule has 1 aromatic heterocycles. The topological polar surface area (TPSA) is 62.6 Å². The standard InChI is InChI=1S/C21H28N2O3/c1-15(24)22-17-10-11-19-16(12-21(25)26-20(19)13-17)14-23(2)18-8-6-4-3-5-7-9-18/h10-13,18H,3-9,14H2,1-2H3,(H,22,24). The molecule has 26 heavy (non-hydrogen) atoms. The molecule has 0 bridgehead atoms. The highest BCUT2D eigenvalue weighted by atomic mass is 16.4. The summed E-state index contributed by atoms with van der Waals surface area (Å²) in [6.07, 6.45) is 9.03. The highest BCUT2D eigenvalue weighted by Gasteiger charge is 2.18. The van der Waals surface area contributed by atoms with Gasteiger partial charge in [-0.2, -0.15) is 0 Å². The van der Waals surface area contributed by atoms with Crippen LogP contribution in [0.25, 0.3) is 11.0 Å². The van der Waals surface area contributed by atoms with Crippen LogP contribution in [0.5, 0.6) is 0 Å². The van der Waals surface area contributed by atoms with Crippen molar-refractivity contribution in [1.29, 1.82) is 0 Å². The molecule has 2 aromatic rings. The van der Waals surface area contributed by atoms with Gasteiger partial charge in [-0.25, -0.2) is 4.79 Å². The van der Waals surface area contributed by atoms with Crippen LogP contribution in [0.2, 0.25) is 0 Å². The van der Waals surface area contributed by atoms with Gasteiger partial charge in [-0.05, 0) is 37.6 Å². The molecule has 0 aliphatic heterocycles. The van der Waals surface area contributed by atoms with E-state index in [9.17, 15) is 9.59 Å². The quantitative estimate of drug-likeness (QED) is 0.830. The van der Waals surface area contributed by atoms with Crippen molar-refractivity contribution in [3.63, 3.8) is 0 Å². The van der Waals surface area contributed by atoms with Gasteiger partial charge in [-0.1, -0.05) is 32.1 Å². The normalized spacial score (nSPS) is 16.4. The number of anilines is 1. The largest absolute Gasteiger partial charge is 0.423 e. The van der Waals surface area contributed by atoms with Crippen LogP contribution in [0.15, 0.2) is 33.5 Å². The van der Waals surface area contributed by atoms with E-state index in [0.717, 1.165) is 17.5 Å². The monoisotopic (exact) mass is 356 g/mol. The van der Waals surface area contributed by atoms with E-state index in [2.05, 4.69) is 17.3 Å². The number of carbonyl (C=O) groups excluding carboxylic acids is 1. The first-order valence-corrected chi connectivity index (χ1v) is 9.57. The third kappa shape index (κ3) is 4.73. The summed E-state index contributed by atoms with van der Waals surface area (Å²) in [5, 5.41) is 3.66. The van der Waals surface area contributed by atoms with Crippen LogP contribution in [-0.4, -0.2) is 23.9 Å². The predicted molar refractivity (Wildman–Crippen MR) is 104 cm³/mol. The molecule has 0 radical (unpaired) electrons. The number of nitrogens with zero attached hydrogens (tertiary/aromatic N) is 1. The van der Waals surface area contributed by atoms with Gasteiger partial charge in [-0.3, -0.25) is 9.69 Å². The molecule has 5 heteroatoms. The maximum atomic E-state index is 12.0. The SMILES string of the molecule is CC(=O)Nc1ccc2c(CN(C)C3CCCCCCC3)cc(=O)oc2c1. The van der Waals surface area contributed by atoms with Crippen molar-refractivity contribution < 1.29 is 9.21 Å². The van der Waals surface area contributed by atoms with E-state index >= 15 is 0 Å². The summed E-state index contributed by atoms with van der Waals surface area (Å²) in [7, 11) is 2.15. The number of nitrogens with one attached hydrogen (secondary N) is 1. The van der Waals surface area contributed by atoms with E-state index in [1.54, 1.807) is 12.1 Å². The lowest BCUT2D eigenvalue weighted by Crippen LogP contribution is -2.32. The zero-order chi connectivity index (χ0) is 18.5. The van der Waals surface area contributed by atoms with Gasteiger partial charge in [-0.15, -0.1) is 0 Å². The van der Waals surface area contributed by atoms with E-state index in [1.807, 2.05) is 12.1 Å². The number of hydrogen-bond donors (Lipinski definition) is 1. The molecule has 1 heterocycles. The molecule has 1 aromatic carbocycles. The zero-order valence-corrected chi connectivity index (χ0v) is 15.7. The number of carbonyl (C=O) groups is 1. The van der Waals surface area contributed by atoms with Gasteiger partial charge in [0.15, 0.2) is 0 Å². The summed E-state index contributed by atoms with van der Waals surface area (Å²) in [5.41, 5.74) is 1.79. The van der Waals surface area contributed by atoms with Crippen LogP contribution in [0, 0.1) is 0 Å². The van der Waals surface area contributed by atoms with Crippen molar-refractivity contribution in [1.82, 2.24) is 4.90 Å². The second-order valence-corrected chi connectivity index (χ2v) is 7.40. The van der Waals surface area contributed by atoms with Crippen molar-refractivity contribution in [3.05, 3.63) is 40.2 Å². The van der Waals surface area contributed by atoms with E-state index in [1.165, 1.54) is 51.9 Å². The molecule has 0 saturated heterocycles. The highest BCUT2D eigenvalue weighted by molar-refractivity contribution is 5.92. The molecule has 0 unspecified atom stereocenters. The Kier molecular flexibility index (Phi) is 6.09. The summed E-state index contributed by atoms with van der Waals surface area (Å²) < 4.78 is 5.36. The minimum atomic E-state index is -0.349. The lowest BCUT2D eigenvalue weighted by Gasteiger charge is -2.30. The van der Waals surface area contributed by atoms with Crippen LogP contribution in [0.3, 0.4) is 0 Å². The Hall–Kier alpha value is -2.14. The molecule has 1 aliphatic carbocycles. The van der Waals surface area contributed by atoms with Gasteiger partial charge < -0.3 is 9.73 Å². The number of amides is 1. The molecule has 3 rings (SSSR count). The van der Waals surface area contributed by atoms with E-state index in [-0.39, 0.29) is 11.5 Å². The zero-order valence-electron chi connectivity index (χ0n) is 15.7. The fourth-order valence-electron chi connectivity index (χ4n) is 3.91. The Labute approximate surface area is 154 Å². The third-order valence-corrected chi connectivity index (χ3v) is 5.27. The molecule has 1 aliphatic rings. The highest BCUT2D eigenvalue weighted by Crippen LogP contribution is 2.25. The summed E-state index contributed by atoms with van der Waals surface area (Å²) in [6.45, 7) is 2.19. The van der Waals surface area contributed by atoms with Crippen molar-refractivity contribution in [2.45, 2.75) is 64.5 Å². The van der Waals surface area contributed by atoms with Crippen molar-refractivity contribution in [2.24, 2.45) is 0 Å². The van der Waals surface area contributed by atoms with Crippen LogP contribution in [0.1, 0.15) is 57.4 Å². The Balaban J connectivity index is 1.84. The van der Waals surface area contributed by atoms with Gasteiger partial charge in [0.25, 0.3) is 0 Å². The van der Waals surface area contributed by atoms with E-state index in [0.29, 0.717) is 17.3 Å². The third-order valence-electron chi connectivity index (χ3n) is 5.27. The maximum absolute atomic E-state index is 12.0. The van der Waals surface area contributed by atoms with Crippen molar-refractivity contribution in [3.8, 4) is 0 Å². The fourth-order valence-corrected chi connectivity index (χ4v) is 3.91. The molecular formula is C21H28N2O3. The van der Waals surface area contributed by atoms with E-state index < -0.39 is 0 Å². The first-order valence-electron chi connectivity index (χ1n) is 9.57. The predicted octanol–water partition coefficient (Wildman–Crippen LogP) is 4.30. The summed E-state index contributed by atoms with van der Waals surface area (Å²) in [5.74, 6) is -0.146. The molecule has 0 spiro atoms. The average molecular weight is 356 g/mol. The molecule has 1 fully saturated rings. The first kappa shape index (κ1) is 18.6. The van der Waals surface area contributed by atoms with Gasteiger partial charge in [0.2, 0.25) is 5.91 Å². The number of hydrogen-bond acceptors (Lipinski definition) is 4. The second-order valence-electron chi connectivity index (χ2n) is 7.40. The summed E-state index contributed by atoms with van der Waals surface area (Å²) >= 11 is 0. The Morgan fingerprint density at radius 2 is 1.85 bits per heavy atom. The van der Waals surface area contributed by atoms with Gasteiger partial charge in [0, 0.05) is 42.7 Å². The molecule has 1 N–H and O–H groups in total. The van der Waals surface area contributed by atoms with Gasteiger partial charge in [0.1, 0.15) is 5.58 Å². The number of fused-ring (bicyclic) bond motifs is 1. The molecular weight excluding hydrogens is 328 g/mol. The molecule has 140 valence electrons. The first-order chi connectivity index (χ1) is 12.5. The molecule has 1 amide bonds. The summed E-state index contributed by atoms with van der Waals surface area (Å²) in [4.78, 5) is 25.6. The number of rotatable bonds is 4. The minimum Gasteiger partial charge on any atom is -0.423 e. The van der Waals surface area contributed by atoms with Crippen LogP contribution >= 0.6 is 0 Å². The van der Waals surface area contributed by atoms with Crippen LogP contribution < -0.4 is 10.9 Å². The van der Waals surface area contributed by atoms with Gasteiger partial charge >= 0.3 is 5.63 Å². The van der Waals surface area contributed by atoms with E-state index in [4.69, 9.17) is 4.42 Å². The Morgan fingerprint density at radius 1 is 1.15 bits per heavy atom. The summed E-state index contributed by atoms with van der Waals surface area (Å²) in [6, 6.07) is 7.65. The molecule has 0 atom stereocenters. The van der Waals surface area contributed by atoms with Crippen LogP contribution in [-0.2, 0) is 11.3 Å². The fraction of sp³-hybridized carbons (Fsp3) is 0.524. The maximum Gasteiger partial charge on any atom is 0.336 e. The lowest BCUT2D eigenvalue weighted by molar-refractivity contribution is -0.114. The van der Waals surface area contributed by atoms with Crippen molar-refractivity contribution in [2.75, 3.05) is 12.4 Å². The van der Waals surface area contributed by atoms with Gasteiger partial charge in [0.05, 0.1) is 0 Å². The molecule has 1 saturated carbocycles. The number of benzene rings is 1. The lowest BCUT2D eigenvalue weighted by atomic mass is 9.95. The average Bonchev–Trinajstić information content (AvgIpc) is 2.53. The molecule has 5 nitrogen and oxygen atoms in total. The Morgan fingerprint density at radius 3 is 2.54 bits per heavy atom. The van der Waals surface area contributed by atoms with Crippen molar-refractivity contribution >= 4 is 22.6 Å². The van der Waals surface area contributed by atoms with Crippen LogP contribution in [0.4, 0.5) is 5.69 Å². The second kappa shape index (κ2) is 8.49.